The van der Waals surface area contributed by atoms with Crippen LogP contribution in [0.3, 0.4) is 0 Å². The molecule has 6 aromatic rings. The fraction of sp³-hybridized carbons (Fsp3) is 0.409. The molecule has 5 heterocycles. The zero-order valence-corrected chi connectivity index (χ0v) is 36.9. The highest BCUT2D eigenvalue weighted by atomic mass is 32.1. The van der Waals surface area contributed by atoms with E-state index in [1.807, 2.05) is 44.4 Å². The van der Waals surface area contributed by atoms with Crippen LogP contribution in [0.2, 0.25) is 0 Å². The summed E-state index contributed by atoms with van der Waals surface area (Å²) in [6.45, 7) is 10.8. The largest absolute Gasteiger partial charge is 0.494 e. The van der Waals surface area contributed by atoms with Crippen LogP contribution in [0.25, 0.3) is 22.1 Å². The second kappa shape index (κ2) is 18.0. The van der Waals surface area contributed by atoms with Crippen molar-refractivity contribution >= 4 is 68.9 Å². The van der Waals surface area contributed by atoms with Crippen molar-refractivity contribution in [3.8, 4) is 11.5 Å². The lowest BCUT2D eigenvalue weighted by atomic mass is 10.1. The van der Waals surface area contributed by atoms with Crippen LogP contribution in [0.1, 0.15) is 96.8 Å². The first-order chi connectivity index (χ1) is 30.3. The Morgan fingerprint density at radius 2 is 1.49 bits per heavy atom. The normalized spacial score (nSPS) is 16.1. The molecule has 0 spiro atoms. The van der Waals surface area contributed by atoms with Crippen LogP contribution in [-0.2, 0) is 26.1 Å². The average Bonchev–Trinajstić information content (AvgIpc) is 4.13. The van der Waals surface area contributed by atoms with E-state index in [9.17, 15) is 19.2 Å². The van der Waals surface area contributed by atoms with E-state index in [1.165, 1.54) is 43.8 Å². The number of allylic oxidation sites excluding steroid dienone is 2. The van der Waals surface area contributed by atoms with E-state index in [0.717, 1.165) is 30.4 Å². The molecule has 2 atom stereocenters. The molecular formula is C44H52N12O6S. The predicted molar refractivity (Wildman–Crippen MR) is 240 cm³/mol. The van der Waals surface area contributed by atoms with E-state index in [0.29, 0.717) is 81.1 Å². The Morgan fingerprint density at radius 1 is 0.857 bits per heavy atom. The number of amides is 4. The van der Waals surface area contributed by atoms with E-state index in [4.69, 9.17) is 30.9 Å². The Balaban J connectivity index is 1.14. The SMILES string of the molecule is CCc1nc(C)sc1C(=O)Nc1nc2cc(C(N)=O)cc(OCCCN3CC4CCC3C4)c2n1C/C=C/Cn1c(NC(=O)c2cc(C)nn2CC)nc2cc(C(N)=O)cc(OC)c21. The average molecular weight is 877 g/mol. The van der Waals surface area contributed by atoms with Gasteiger partial charge in [-0.1, -0.05) is 19.1 Å². The molecule has 4 aromatic heterocycles. The molecule has 1 saturated heterocycles. The van der Waals surface area contributed by atoms with E-state index < -0.39 is 17.7 Å². The molecule has 2 unspecified atom stereocenters. The van der Waals surface area contributed by atoms with Gasteiger partial charge in [0.15, 0.2) is 0 Å². The van der Waals surface area contributed by atoms with E-state index >= 15 is 0 Å². The fourth-order valence-corrected chi connectivity index (χ4v) is 9.75. The second-order valence-electron chi connectivity index (χ2n) is 16.0. The van der Waals surface area contributed by atoms with Crippen molar-refractivity contribution in [1.29, 1.82) is 0 Å². The number of hydrogen-bond donors (Lipinski definition) is 4. The minimum atomic E-state index is -0.658. The molecule has 8 rings (SSSR count). The highest BCUT2D eigenvalue weighted by molar-refractivity contribution is 7.13. The molecule has 18 nitrogen and oxygen atoms in total. The van der Waals surface area contributed by atoms with Gasteiger partial charge in [-0.2, -0.15) is 5.10 Å². The number of piperidine rings is 1. The minimum Gasteiger partial charge on any atom is -0.494 e. The molecule has 2 aliphatic rings. The number of nitrogens with one attached hydrogen (secondary N) is 2. The molecule has 63 heavy (non-hydrogen) atoms. The number of aromatic nitrogens is 7. The van der Waals surface area contributed by atoms with Crippen molar-refractivity contribution in [3.05, 3.63) is 80.6 Å². The zero-order chi connectivity index (χ0) is 44.5. The fourth-order valence-electron chi connectivity index (χ4n) is 8.85. The van der Waals surface area contributed by atoms with Crippen LogP contribution < -0.4 is 31.6 Å². The topological polar surface area (TPSA) is 232 Å². The molecular weight excluding hydrogens is 825 g/mol. The van der Waals surface area contributed by atoms with Crippen LogP contribution in [-0.4, -0.2) is 95.2 Å². The number of carbonyl (C=O) groups excluding carboxylic acids is 4. The molecule has 2 aromatic carbocycles. The maximum absolute atomic E-state index is 13.9. The predicted octanol–water partition coefficient (Wildman–Crippen LogP) is 5.46. The summed E-state index contributed by atoms with van der Waals surface area (Å²) in [5, 5.41) is 11.1. The smallest absolute Gasteiger partial charge is 0.276 e. The minimum absolute atomic E-state index is 0.187. The standard InChI is InChI=1S/C44H52N12O6S/c1-6-30-38(63-25(4)47-30)42(60)51-44-49-32-20-28(40(46)58)22-35(62-16-10-13-53-23-26-11-12-29(53)18-26)37(32)55(44)15-9-8-14-54-36-31(19-27(39(45)57)21-34(36)61-5)48-43(54)50-41(59)33-17-24(3)52-56(33)7-2/h8-9,17,19-22,26,29H,6-7,10-16,18,23H2,1-5H3,(H2,45,57)(H2,46,58)(H,48,50,59)(H,49,51,60)/b9-8+. The quantitative estimate of drug-likeness (QED) is 0.0626. The molecule has 2 fully saturated rings. The summed E-state index contributed by atoms with van der Waals surface area (Å²) < 4.78 is 17.4. The second-order valence-corrected chi connectivity index (χ2v) is 17.2. The van der Waals surface area contributed by atoms with Crippen LogP contribution in [0.15, 0.2) is 42.5 Å². The number of rotatable bonds is 18. The molecule has 0 radical (unpaired) electrons. The molecule has 330 valence electrons. The van der Waals surface area contributed by atoms with Gasteiger partial charge in [-0.25, -0.2) is 15.0 Å². The Morgan fingerprint density at radius 3 is 2.06 bits per heavy atom. The number of nitrogens with zero attached hydrogens (tertiary/aromatic N) is 8. The summed E-state index contributed by atoms with van der Waals surface area (Å²) >= 11 is 1.31. The maximum Gasteiger partial charge on any atom is 0.276 e. The van der Waals surface area contributed by atoms with Crippen molar-refractivity contribution in [2.75, 3.05) is 37.4 Å². The Bertz CT molecular complexity index is 2780. The summed E-state index contributed by atoms with van der Waals surface area (Å²) in [6, 6.07) is 8.65. The number of thiazole rings is 1. The van der Waals surface area contributed by atoms with Gasteiger partial charge in [0.25, 0.3) is 11.8 Å². The van der Waals surface area contributed by atoms with Gasteiger partial charge in [0.05, 0.1) is 41.1 Å². The number of benzene rings is 2. The number of carbonyl (C=O) groups is 4. The van der Waals surface area contributed by atoms with E-state index in [-0.39, 0.29) is 42.0 Å². The molecule has 4 amide bonds. The summed E-state index contributed by atoms with van der Waals surface area (Å²) in [7, 11) is 1.48. The summed E-state index contributed by atoms with van der Waals surface area (Å²) in [4.78, 5) is 69.6. The number of methoxy groups -OCH3 is 1. The third-order valence-electron chi connectivity index (χ3n) is 11.7. The number of hydrogen-bond acceptors (Lipinski definition) is 12. The van der Waals surface area contributed by atoms with Crippen LogP contribution in [0.4, 0.5) is 11.9 Å². The van der Waals surface area contributed by atoms with Gasteiger partial charge >= 0.3 is 0 Å². The first-order valence-corrected chi connectivity index (χ1v) is 22.0. The van der Waals surface area contributed by atoms with Gasteiger partial charge in [-0.15, -0.1) is 11.3 Å². The molecule has 2 bridgehead atoms. The number of likely N-dealkylation sites (tertiary alicyclic amines) is 1. The Kier molecular flexibility index (Phi) is 12.3. The van der Waals surface area contributed by atoms with Gasteiger partial charge in [-0.3, -0.25) is 39.4 Å². The summed E-state index contributed by atoms with van der Waals surface area (Å²) in [5.74, 6) is -0.108. The van der Waals surface area contributed by atoms with Crippen LogP contribution in [0.5, 0.6) is 11.5 Å². The molecule has 1 aliphatic heterocycles. The van der Waals surface area contributed by atoms with Crippen molar-refractivity contribution < 1.29 is 28.7 Å². The summed E-state index contributed by atoms with van der Waals surface area (Å²) in [5.41, 5.74) is 15.5. The van der Waals surface area contributed by atoms with Gasteiger partial charge in [0, 0.05) is 49.9 Å². The van der Waals surface area contributed by atoms with Crippen molar-refractivity contribution in [3.63, 3.8) is 0 Å². The van der Waals surface area contributed by atoms with Gasteiger partial charge < -0.3 is 30.1 Å². The van der Waals surface area contributed by atoms with Gasteiger partial charge in [0.2, 0.25) is 23.7 Å². The van der Waals surface area contributed by atoms with Gasteiger partial charge in [-0.05, 0) is 89.1 Å². The molecule has 1 saturated carbocycles. The lowest BCUT2D eigenvalue weighted by molar-refractivity contribution is 0.0991. The van der Waals surface area contributed by atoms with Crippen molar-refractivity contribution in [2.45, 2.75) is 85.5 Å². The third-order valence-corrected chi connectivity index (χ3v) is 12.8. The Hall–Kier alpha value is -6.60. The van der Waals surface area contributed by atoms with Crippen molar-refractivity contribution in [1.82, 2.24) is 38.8 Å². The number of nitrogens with two attached hydrogens (primary N) is 2. The van der Waals surface area contributed by atoms with Crippen molar-refractivity contribution in [2.24, 2.45) is 17.4 Å². The molecule has 6 N–H and O–H groups in total. The first kappa shape index (κ1) is 43.1. The molecule has 1 aliphatic carbocycles. The maximum atomic E-state index is 13.9. The Labute approximate surface area is 367 Å². The lowest BCUT2D eigenvalue weighted by Gasteiger charge is -2.26. The lowest BCUT2D eigenvalue weighted by Crippen LogP contribution is -2.33. The van der Waals surface area contributed by atoms with Gasteiger partial charge in [0.1, 0.15) is 33.1 Å². The van der Waals surface area contributed by atoms with E-state index in [2.05, 4.69) is 25.6 Å². The van der Waals surface area contributed by atoms with E-state index in [1.54, 1.807) is 33.5 Å². The highest BCUT2D eigenvalue weighted by Gasteiger charge is 2.37. The van der Waals surface area contributed by atoms with Crippen LogP contribution in [0, 0.1) is 19.8 Å². The highest BCUT2D eigenvalue weighted by Crippen LogP contribution is 2.38. The first-order valence-electron chi connectivity index (χ1n) is 21.2. The molecule has 19 heteroatoms. The number of primary amides is 2. The number of fused-ring (bicyclic) bond motifs is 4. The van der Waals surface area contributed by atoms with Crippen LogP contribution >= 0.6 is 11.3 Å². The number of imidazole rings is 2. The summed E-state index contributed by atoms with van der Waals surface area (Å²) in [6.07, 6.45) is 8.95. The monoisotopic (exact) mass is 876 g/mol. The zero-order valence-electron chi connectivity index (χ0n) is 36.1. The number of ether oxygens (including phenoxy) is 2. The third kappa shape index (κ3) is 8.75. The number of aryl methyl sites for hydroxylation is 4. The number of anilines is 2.